The zero-order valence-corrected chi connectivity index (χ0v) is 39.3. The molecule has 6 unspecified atom stereocenters. The highest BCUT2D eigenvalue weighted by atomic mass is 16.5. The number of carbonyl (C=O) groups is 4. The summed E-state index contributed by atoms with van der Waals surface area (Å²) in [5.41, 5.74) is 14.5. The number of amides is 3. The van der Waals surface area contributed by atoms with Crippen LogP contribution in [0.5, 0.6) is 0 Å². The number of aliphatic imine (C=N–C) groups is 2. The van der Waals surface area contributed by atoms with Gasteiger partial charge < -0.3 is 24.6 Å². The Morgan fingerprint density at radius 1 is 0.697 bits per heavy atom. The van der Waals surface area contributed by atoms with E-state index in [1.165, 1.54) is 58.7 Å². The van der Waals surface area contributed by atoms with Gasteiger partial charge in [-0.1, -0.05) is 70.2 Å². The number of benzene rings is 3. The van der Waals surface area contributed by atoms with Gasteiger partial charge in [0.05, 0.1) is 44.3 Å². The average Bonchev–Trinajstić information content (AvgIpc) is 3.74. The van der Waals surface area contributed by atoms with E-state index in [1.54, 1.807) is 0 Å². The minimum atomic E-state index is -0.650. The van der Waals surface area contributed by atoms with Crippen molar-refractivity contribution in [3.8, 4) is 22.3 Å². The molecule has 5 fully saturated rings. The number of nitrogens with one attached hydrogen (secondary N) is 1. The fraction of sp³-hybridized carbons (Fsp3) is 0.519. The fourth-order valence-corrected chi connectivity index (χ4v) is 12.8. The first kappa shape index (κ1) is 43.0. The van der Waals surface area contributed by atoms with E-state index in [-0.39, 0.29) is 60.2 Å². The average molecular weight is 891 g/mol. The molecule has 66 heavy (non-hydrogen) atoms. The molecule has 2 aliphatic carbocycles. The van der Waals surface area contributed by atoms with E-state index in [0.717, 1.165) is 61.2 Å². The van der Waals surface area contributed by atoms with Crippen molar-refractivity contribution in [1.29, 1.82) is 0 Å². The van der Waals surface area contributed by atoms with E-state index in [9.17, 15) is 19.2 Å². The second-order valence-electron chi connectivity index (χ2n) is 21.0. The van der Waals surface area contributed by atoms with Crippen LogP contribution in [-0.2, 0) is 30.3 Å². The van der Waals surface area contributed by atoms with Crippen LogP contribution in [0.15, 0.2) is 70.8 Å². The molecular formula is C54H62N6O6. The van der Waals surface area contributed by atoms with E-state index in [2.05, 4.69) is 76.8 Å². The van der Waals surface area contributed by atoms with Crippen LogP contribution in [0.3, 0.4) is 0 Å². The van der Waals surface area contributed by atoms with E-state index in [1.807, 2.05) is 38.8 Å². The Morgan fingerprint density at radius 3 is 1.92 bits per heavy atom. The number of rotatable bonds is 12. The molecule has 3 aromatic carbocycles. The highest BCUT2D eigenvalue weighted by Crippen LogP contribution is 2.58. The lowest BCUT2D eigenvalue weighted by atomic mass is 9.81. The molecule has 12 heteroatoms. The molecule has 10 atom stereocenters. The van der Waals surface area contributed by atoms with Gasteiger partial charge in [-0.2, -0.15) is 0 Å². The first-order chi connectivity index (χ1) is 31.8. The van der Waals surface area contributed by atoms with Crippen molar-refractivity contribution in [3.05, 3.63) is 83.1 Å². The van der Waals surface area contributed by atoms with Crippen molar-refractivity contribution in [3.63, 3.8) is 0 Å². The number of hydrogen-bond donors (Lipinski definition) is 1. The summed E-state index contributed by atoms with van der Waals surface area (Å²) in [5, 5.41) is 2.80. The monoisotopic (exact) mass is 890 g/mol. The predicted molar refractivity (Wildman–Crippen MR) is 254 cm³/mol. The SMILES string of the molecule is COC(=O)C[C@H](C(=O)N1C2CC2C[C@H]1C1=NC=C(c2ccc(-c3ccc(-c4ccc5c(c4)CC([C@H]4CC6CC6N4C(=O)[C@@H](NC(=O)OC)C(C)C)=N5)c4c3C3CCC4N3C)cc2)C1)C(C)C. The smallest absolute Gasteiger partial charge is 0.407 e. The van der Waals surface area contributed by atoms with Crippen LogP contribution >= 0.6 is 0 Å². The summed E-state index contributed by atoms with van der Waals surface area (Å²) in [6, 6.07) is 20.8. The normalized spacial score (nSPS) is 28.3. The molecule has 6 aliphatic heterocycles. The molecule has 3 saturated heterocycles. The molecule has 12 nitrogen and oxygen atoms in total. The van der Waals surface area contributed by atoms with Gasteiger partial charge in [0.25, 0.3) is 0 Å². The van der Waals surface area contributed by atoms with Gasteiger partial charge in [-0.15, -0.1) is 0 Å². The number of nitrogens with zero attached hydrogens (tertiary/aromatic N) is 5. The number of ether oxygens (including phenoxy) is 2. The Balaban J connectivity index is 0.806. The van der Waals surface area contributed by atoms with Crippen molar-refractivity contribution >= 4 is 46.6 Å². The molecule has 6 heterocycles. The summed E-state index contributed by atoms with van der Waals surface area (Å²) in [6.07, 6.45) is 9.14. The summed E-state index contributed by atoms with van der Waals surface area (Å²) in [7, 11) is 4.99. The molecule has 0 spiro atoms. The minimum Gasteiger partial charge on any atom is -0.469 e. The summed E-state index contributed by atoms with van der Waals surface area (Å²) in [5.74, 6) is 0.243. The Labute approximate surface area is 387 Å². The van der Waals surface area contributed by atoms with Crippen molar-refractivity contribution in [2.24, 2.45) is 39.6 Å². The predicted octanol–water partition coefficient (Wildman–Crippen LogP) is 8.85. The van der Waals surface area contributed by atoms with Crippen LogP contribution in [-0.4, -0.2) is 101 Å². The third-order valence-electron chi connectivity index (χ3n) is 16.6. The number of esters is 1. The third-order valence-corrected chi connectivity index (χ3v) is 16.6. The molecule has 0 aromatic heterocycles. The van der Waals surface area contributed by atoms with Crippen LogP contribution in [0.4, 0.5) is 10.5 Å². The first-order valence-electron chi connectivity index (χ1n) is 24.3. The van der Waals surface area contributed by atoms with Crippen LogP contribution < -0.4 is 5.32 Å². The molecule has 1 N–H and O–H groups in total. The van der Waals surface area contributed by atoms with Crippen molar-refractivity contribution in [2.45, 2.75) is 128 Å². The van der Waals surface area contributed by atoms with Crippen LogP contribution in [0, 0.1) is 29.6 Å². The number of likely N-dealkylation sites (tertiary alicyclic amines) is 2. The standard InChI is InChI=1S/C54H62N6O6/c1-27(2)38(25-48(61)65-6)52(62)59-44-21-33(44)23-46(59)40-20-35(26-55-40)29-8-10-30(11-9-29)36-13-14-37(50-43-17-16-42(49(36)50)58(43)5)31-12-15-39-32(18-31)19-41(56-39)47-24-34-22-45(34)60(47)53(63)51(28(3)4)57-54(64)66-7/h8-15,18,26-28,33-34,38,42-47,51H,16-17,19-25H2,1-7H3,(H,57,64)/t33?,34?,38-,42?,43?,44?,45?,46-,47+,51-/m0/s1. The highest BCUT2D eigenvalue weighted by Gasteiger charge is 2.58. The first-order valence-corrected chi connectivity index (χ1v) is 24.3. The maximum atomic E-state index is 14.1. The Kier molecular flexibility index (Phi) is 10.6. The summed E-state index contributed by atoms with van der Waals surface area (Å²) >= 11 is 0. The van der Waals surface area contributed by atoms with E-state index in [4.69, 9.17) is 19.5 Å². The second-order valence-corrected chi connectivity index (χ2v) is 21.0. The van der Waals surface area contributed by atoms with Crippen molar-refractivity contribution in [2.75, 3.05) is 21.3 Å². The van der Waals surface area contributed by atoms with E-state index in [0.29, 0.717) is 36.8 Å². The minimum absolute atomic E-state index is 0.0263. The van der Waals surface area contributed by atoms with Gasteiger partial charge in [-0.3, -0.25) is 29.3 Å². The number of alkyl carbamates (subject to hydrolysis) is 1. The molecule has 8 aliphatic rings. The van der Waals surface area contributed by atoms with E-state index >= 15 is 0 Å². The molecule has 3 aromatic rings. The van der Waals surface area contributed by atoms with E-state index < -0.39 is 18.1 Å². The van der Waals surface area contributed by atoms with Crippen LogP contribution in [0.1, 0.15) is 113 Å². The topological polar surface area (TPSA) is 133 Å². The zero-order chi connectivity index (χ0) is 45.9. The molecular weight excluding hydrogens is 829 g/mol. The summed E-state index contributed by atoms with van der Waals surface area (Å²) in [6.45, 7) is 7.94. The van der Waals surface area contributed by atoms with Gasteiger partial charge >= 0.3 is 12.1 Å². The lowest BCUT2D eigenvalue weighted by molar-refractivity contribution is -0.148. The van der Waals surface area contributed by atoms with Gasteiger partial charge in [-0.25, -0.2) is 4.79 Å². The number of carbonyl (C=O) groups excluding carboxylic acids is 4. The maximum absolute atomic E-state index is 14.1. The Hall–Kier alpha value is -5.62. The quantitative estimate of drug-likeness (QED) is 0.180. The van der Waals surface area contributed by atoms with Crippen molar-refractivity contribution in [1.82, 2.24) is 20.0 Å². The van der Waals surface area contributed by atoms with Crippen LogP contribution in [0.25, 0.3) is 27.8 Å². The Bertz CT molecular complexity index is 2630. The van der Waals surface area contributed by atoms with Crippen molar-refractivity contribution < 1.29 is 28.7 Å². The molecule has 2 bridgehead atoms. The lowest BCUT2D eigenvalue weighted by Gasteiger charge is -2.32. The third kappa shape index (κ3) is 7.11. The fourth-order valence-electron chi connectivity index (χ4n) is 12.8. The summed E-state index contributed by atoms with van der Waals surface area (Å²) < 4.78 is 9.84. The molecule has 2 saturated carbocycles. The van der Waals surface area contributed by atoms with Gasteiger partial charge in [0.2, 0.25) is 11.8 Å². The molecule has 3 amide bonds. The molecule has 344 valence electrons. The largest absolute Gasteiger partial charge is 0.469 e. The molecule has 11 rings (SSSR count). The highest BCUT2D eigenvalue weighted by molar-refractivity contribution is 6.04. The Morgan fingerprint density at radius 2 is 1.30 bits per heavy atom. The number of hydrogen-bond acceptors (Lipinski definition) is 9. The number of allylic oxidation sites excluding steroid dienone is 1. The summed E-state index contributed by atoms with van der Waals surface area (Å²) in [4.78, 5) is 69.4. The van der Waals surface area contributed by atoms with Gasteiger partial charge in [0.15, 0.2) is 0 Å². The number of piperidine rings is 2. The second kappa shape index (κ2) is 16.3. The van der Waals surface area contributed by atoms with Gasteiger partial charge in [-0.05, 0) is 131 Å². The molecule has 0 radical (unpaired) electrons. The lowest BCUT2D eigenvalue weighted by Crippen LogP contribution is -2.55. The zero-order valence-electron chi connectivity index (χ0n) is 39.3. The number of methoxy groups -OCH3 is 2. The number of fused-ring (bicyclic) bond motifs is 8. The van der Waals surface area contributed by atoms with Crippen LogP contribution in [0.2, 0.25) is 0 Å². The van der Waals surface area contributed by atoms with Gasteiger partial charge in [0, 0.05) is 54.6 Å². The van der Waals surface area contributed by atoms with Gasteiger partial charge in [0.1, 0.15) is 6.04 Å². The maximum Gasteiger partial charge on any atom is 0.407 e.